The number of hydrogen-bond acceptors (Lipinski definition) is 3. The molecule has 0 bridgehead atoms. The summed E-state index contributed by atoms with van der Waals surface area (Å²) in [7, 11) is 0. The Labute approximate surface area is 147 Å². The number of hydrogen-bond donors (Lipinski definition) is 2. The van der Waals surface area contributed by atoms with Gasteiger partial charge in [-0.15, -0.1) is 11.3 Å². The number of nitrogens with one attached hydrogen (secondary N) is 2. The minimum absolute atomic E-state index is 0.0569. The molecule has 132 valence electrons. The third kappa shape index (κ3) is 4.72. The number of carbonyl (C=O) groups excluding carboxylic acids is 2. The van der Waals surface area contributed by atoms with Crippen LogP contribution in [0.4, 0.5) is 4.79 Å². The monoisotopic (exact) mass is 349 g/mol. The predicted molar refractivity (Wildman–Crippen MR) is 95.9 cm³/mol. The van der Waals surface area contributed by atoms with Crippen LogP contribution in [-0.4, -0.2) is 36.0 Å². The molecule has 1 atom stereocenters. The second kappa shape index (κ2) is 8.51. The fourth-order valence-corrected chi connectivity index (χ4v) is 4.27. The average Bonchev–Trinajstić information content (AvgIpc) is 3.14. The Balaban J connectivity index is 1.46. The molecule has 2 fully saturated rings. The summed E-state index contributed by atoms with van der Waals surface area (Å²) in [6, 6.07) is 4.29. The maximum absolute atomic E-state index is 12.5. The van der Waals surface area contributed by atoms with E-state index in [4.69, 9.17) is 0 Å². The van der Waals surface area contributed by atoms with E-state index in [1.165, 1.54) is 19.3 Å². The van der Waals surface area contributed by atoms with E-state index in [-0.39, 0.29) is 17.9 Å². The molecule has 1 saturated heterocycles. The molecule has 24 heavy (non-hydrogen) atoms. The van der Waals surface area contributed by atoms with Gasteiger partial charge in [-0.1, -0.05) is 25.3 Å². The van der Waals surface area contributed by atoms with Crippen molar-refractivity contribution in [3.63, 3.8) is 0 Å². The third-order valence-corrected chi connectivity index (χ3v) is 5.90. The minimum atomic E-state index is -0.0619. The number of nitrogens with zero attached hydrogens (tertiary/aromatic N) is 1. The number of thiophene rings is 1. The predicted octanol–water partition coefficient (Wildman–Crippen LogP) is 3.12. The van der Waals surface area contributed by atoms with Gasteiger partial charge in [0.25, 0.3) is 0 Å². The molecule has 0 radical (unpaired) electrons. The fraction of sp³-hybridized carbons (Fsp3) is 0.667. The van der Waals surface area contributed by atoms with E-state index in [0.29, 0.717) is 19.1 Å². The maximum Gasteiger partial charge on any atom is 0.317 e. The number of rotatable bonds is 4. The molecule has 1 aliphatic carbocycles. The largest absolute Gasteiger partial charge is 0.353 e. The van der Waals surface area contributed by atoms with Crippen molar-refractivity contribution >= 4 is 23.3 Å². The molecule has 1 aliphatic heterocycles. The zero-order valence-electron chi connectivity index (χ0n) is 14.1. The summed E-state index contributed by atoms with van der Waals surface area (Å²) < 4.78 is 0. The van der Waals surface area contributed by atoms with Crippen molar-refractivity contribution in [2.45, 2.75) is 57.5 Å². The Kier molecular flexibility index (Phi) is 6.12. The fourth-order valence-electron chi connectivity index (χ4n) is 3.63. The molecule has 0 aromatic carbocycles. The van der Waals surface area contributed by atoms with Crippen LogP contribution in [-0.2, 0) is 11.3 Å². The molecule has 6 heteroatoms. The SMILES string of the molecule is O=C(NC1CCCCC1)C1CCCN(C(=O)NCc2cccs2)C1. The van der Waals surface area contributed by atoms with Crippen LogP contribution in [0.3, 0.4) is 0 Å². The van der Waals surface area contributed by atoms with Crippen LogP contribution in [0.25, 0.3) is 0 Å². The minimum Gasteiger partial charge on any atom is -0.353 e. The van der Waals surface area contributed by atoms with Gasteiger partial charge in [0.1, 0.15) is 0 Å². The van der Waals surface area contributed by atoms with Gasteiger partial charge in [-0.25, -0.2) is 4.79 Å². The van der Waals surface area contributed by atoms with E-state index in [1.54, 1.807) is 16.2 Å². The first kappa shape index (κ1) is 17.3. The highest BCUT2D eigenvalue weighted by molar-refractivity contribution is 7.09. The van der Waals surface area contributed by atoms with Gasteiger partial charge in [0.15, 0.2) is 0 Å². The molecule has 1 unspecified atom stereocenters. The van der Waals surface area contributed by atoms with E-state index in [2.05, 4.69) is 10.6 Å². The van der Waals surface area contributed by atoms with Crippen molar-refractivity contribution < 1.29 is 9.59 Å². The Bertz CT molecular complexity index is 540. The summed E-state index contributed by atoms with van der Waals surface area (Å²) in [6.45, 7) is 1.84. The quantitative estimate of drug-likeness (QED) is 0.877. The number of amides is 3. The Morgan fingerprint density at radius 3 is 2.75 bits per heavy atom. The van der Waals surface area contributed by atoms with E-state index < -0.39 is 0 Å². The topological polar surface area (TPSA) is 61.4 Å². The molecular formula is C18H27N3O2S. The van der Waals surface area contributed by atoms with Crippen molar-refractivity contribution in [1.29, 1.82) is 0 Å². The van der Waals surface area contributed by atoms with Crippen LogP contribution in [0.1, 0.15) is 49.8 Å². The van der Waals surface area contributed by atoms with Gasteiger partial charge in [-0.3, -0.25) is 4.79 Å². The molecular weight excluding hydrogens is 322 g/mol. The molecule has 1 saturated carbocycles. The zero-order valence-corrected chi connectivity index (χ0v) is 14.9. The first-order chi connectivity index (χ1) is 11.7. The summed E-state index contributed by atoms with van der Waals surface area (Å²) in [4.78, 5) is 27.8. The van der Waals surface area contributed by atoms with E-state index >= 15 is 0 Å². The molecule has 2 N–H and O–H groups in total. The number of urea groups is 1. The molecule has 2 aliphatic rings. The third-order valence-electron chi connectivity index (χ3n) is 5.02. The Morgan fingerprint density at radius 2 is 2.00 bits per heavy atom. The maximum atomic E-state index is 12.5. The lowest BCUT2D eigenvalue weighted by Gasteiger charge is -2.33. The number of likely N-dealkylation sites (tertiary alicyclic amines) is 1. The Morgan fingerprint density at radius 1 is 1.17 bits per heavy atom. The molecule has 5 nitrogen and oxygen atoms in total. The van der Waals surface area contributed by atoms with Crippen molar-refractivity contribution in [2.75, 3.05) is 13.1 Å². The van der Waals surface area contributed by atoms with Crippen molar-refractivity contribution in [3.8, 4) is 0 Å². The summed E-state index contributed by atoms with van der Waals surface area (Å²) >= 11 is 1.64. The highest BCUT2D eigenvalue weighted by Crippen LogP contribution is 2.21. The lowest BCUT2D eigenvalue weighted by atomic mass is 9.93. The highest BCUT2D eigenvalue weighted by atomic mass is 32.1. The van der Waals surface area contributed by atoms with Crippen molar-refractivity contribution in [1.82, 2.24) is 15.5 Å². The molecule has 3 amide bonds. The molecule has 2 heterocycles. The lowest BCUT2D eigenvalue weighted by molar-refractivity contribution is -0.127. The first-order valence-corrected chi connectivity index (χ1v) is 9.96. The molecule has 1 aromatic rings. The smallest absolute Gasteiger partial charge is 0.317 e. The summed E-state index contributed by atoms with van der Waals surface area (Å²) in [5.74, 6) is 0.0748. The second-order valence-corrected chi connectivity index (χ2v) is 7.90. The number of piperidine rings is 1. The Hall–Kier alpha value is -1.56. The second-order valence-electron chi connectivity index (χ2n) is 6.87. The van der Waals surface area contributed by atoms with Gasteiger partial charge >= 0.3 is 6.03 Å². The van der Waals surface area contributed by atoms with Gasteiger partial charge in [-0.05, 0) is 37.1 Å². The molecule has 0 spiro atoms. The van der Waals surface area contributed by atoms with Crippen LogP contribution < -0.4 is 10.6 Å². The van der Waals surface area contributed by atoms with Crippen LogP contribution in [0, 0.1) is 5.92 Å². The highest BCUT2D eigenvalue weighted by Gasteiger charge is 2.29. The van der Waals surface area contributed by atoms with E-state index in [9.17, 15) is 9.59 Å². The normalized spacial score (nSPS) is 22.2. The van der Waals surface area contributed by atoms with Crippen molar-refractivity contribution in [2.24, 2.45) is 5.92 Å². The first-order valence-electron chi connectivity index (χ1n) is 9.08. The summed E-state index contributed by atoms with van der Waals surface area (Å²) in [5, 5.41) is 8.18. The van der Waals surface area contributed by atoms with E-state index in [1.807, 2.05) is 17.5 Å². The van der Waals surface area contributed by atoms with Gasteiger partial charge in [0, 0.05) is 24.0 Å². The molecule has 3 rings (SSSR count). The van der Waals surface area contributed by atoms with Gasteiger partial charge in [0.05, 0.1) is 12.5 Å². The van der Waals surface area contributed by atoms with Crippen molar-refractivity contribution in [3.05, 3.63) is 22.4 Å². The summed E-state index contributed by atoms with van der Waals surface area (Å²) in [5.41, 5.74) is 0. The zero-order chi connectivity index (χ0) is 16.8. The molecule has 1 aromatic heterocycles. The van der Waals surface area contributed by atoms with Crippen LogP contribution in [0.5, 0.6) is 0 Å². The van der Waals surface area contributed by atoms with Crippen LogP contribution >= 0.6 is 11.3 Å². The summed E-state index contributed by atoms with van der Waals surface area (Å²) in [6.07, 6.45) is 7.70. The average molecular weight is 350 g/mol. The van der Waals surface area contributed by atoms with Gasteiger partial charge < -0.3 is 15.5 Å². The van der Waals surface area contributed by atoms with Gasteiger partial charge in [-0.2, -0.15) is 0 Å². The van der Waals surface area contributed by atoms with Crippen LogP contribution in [0.15, 0.2) is 17.5 Å². The lowest BCUT2D eigenvalue weighted by Crippen LogP contribution is -2.50. The standard InChI is InChI=1S/C18H27N3O2S/c22-17(20-15-7-2-1-3-8-15)14-6-4-10-21(13-14)18(23)19-12-16-9-5-11-24-16/h5,9,11,14-15H,1-4,6-8,10,12-13H2,(H,19,23)(H,20,22). The van der Waals surface area contributed by atoms with Crippen LogP contribution in [0.2, 0.25) is 0 Å². The van der Waals surface area contributed by atoms with Gasteiger partial charge in [0.2, 0.25) is 5.91 Å². The number of carbonyl (C=O) groups is 2. The van der Waals surface area contributed by atoms with E-state index in [0.717, 1.165) is 37.1 Å².